The van der Waals surface area contributed by atoms with Gasteiger partial charge < -0.3 is 0 Å². The minimum Gasteiger partial charge on any atom is -0.0616 e. The molecular formula is C23H18. The van der Waals surface area contributed by atoms with E-state index in [9.17, 15) is 0 Å². The van der Waals surface area contributed by atoms with Gasteiger partial charge in [-0.15, -0.1) is 0 Å². The molecule has 4 aromatic carbocycles. The van der Waals surface area contributed by atoms with Crippen LogP contribution >= 0.6 is 0 Å². The van der Waals surface area contributed by atoms with Crippen LogP contribution in [0.2, 0.25) is 0 Å². The summed E-state index contributed by atoms with van der Waals surface area (Å²) in [7, 11) is 0. The maximum Gasteiger partial charge on any atom is -0.000728 e. The molecule has 0 bridgehead atoms. The molecule has 0 aromatic heterocycles. The van der Waals surface area contributed by atoms with Gasteiger partial charge in [0, 0.05) is 0 Å². The highest BCUT2D eigenvalue weighted by molar-refractivity contribution is 6.03. The fraction of sp³-hybridized carbons (Fsp3) is 0.130. The van der Waals surface area contributed by atoms with Crippen LogP contribution in [0.15, 0.2) is 66.7 Å². The average Bonchev–Trinajstić information content (AvgIpc) is 2.98. The summed E-state index contributed by atoms with van der Waals surface area (Å²) < 4.78 is 0. The zero-order valence-corrected chi connectivity index (χ0v) is 13.3. The molecule has 0 radical (unpaired) electrons. The first-order valence-electron chi connectivity index (χ1n) is 8.40. The second kappa shape index (κ2) is 4.70. The molecule has 0 fully saturated rings. The zero-order valence-electron chi connectivity index (χ0n) is 13.3. The van der Waals surface area contributed by atoms with E-state index in [1.54, 1.807) is 0 Å². The fourth-order valence-corrected chi connectivity index (χ4v) is 3.96. The van der Waals surface area contributed by atoms with Gasteiger partial charge in [-0.25, -0.2) is 0 Å². The predicted octanol–water partition coefficient (Wildman–Crippen LogP) is 6.13. The van der Waals surface area contributed by atoms with Crippen molar-refractivity contribution in [3.05, 3.63) is 83.4 Å². The van der Waals surface area contributed by atoms with E-state index < -0.39 is 0 Å². The van der Waals surface area contributed by atoms with E-state index in [1.165, 1.54) is 49.4 Å². The highest BCUT2D eigenvalue weighted by Crippen LogP contribution is 2.41. The fourth-order valence-electron chi connectivity index (χ4n) is 3.96. The van der Waals surface area contributed by atoms with Crippen LogP contribution in [0.5, 0.6) is 0 Å². The molecule has 0 aliphatic heterocycles. The summed E-state index contributed by atoms with van der Waals surface area (Å²) in [5.41, 5.74) is 7.26. The summed E-state index contributed by atoms with van der Waals surface area (Å²) in [6.07, 6.45) is 2.16. The third kappa shape index (κ3) is 1.85. The molecule has 0 saturated heterocycles. The van der Waals surface area contributed by atoms with Gasteiger partial charge in [0.1, 0.15) is 0 Å². The molecule has 0 unspecified atom stereocenters. The Morgan fingerprint density at radius 3 is 2.39 bits per heavy atom. The Morgan fingerprint density at radius 1 is 0.739 bits per heavy atom. The first kappa shape index (κ1) is 12.9. The largest absolute Gasteiger partial charge is 0.0616 e. The Morgan fingerprint density at radius 2 is 1.57 bits per heavy atom. The van der Waals surface area contributed by atoms with Gasteiger partial charge in [0.2, 0.25) is 0 Å². The number of aryl methyl sites for hydroxylation is 1. The van der Waals surface area contributed by atoms with Gasteiger partial charge in [0.25, 0.3) is 0 Å². The minimum absolute atomic E-state index is 1.06. The smallest absolute Gasteiger partial charge is 0.000728 e. The van der Waals surface area contributed by atoms with Gasteiger partial charge in [-0.3, -0.25) is 0 Å². The number of hydrogen-bond acceptors (Lipinski definition) is 0. The lowest BCUT2D eigenvalue weighted by atomic mass is 9.96. The SMILES string of the molecule is CCc1ccc2c(c1)-c1ccc3cc4ccccc4cc3c1C2. The quantitative estimate of drug-likeness (QED) is 0.326. The van der Waals surface area contributed by atoms with Crippen molar-refractivity contribution in [2.24, 2.45) is 0 Å². The van der Waals surface area contributed by atoms with Crippen LogP contribution in [0.1, 0.15) is 23.6 Å². The van der Waals surface area contributed by atoms with E-state index in [-0.39, 0.29) is 0 Å². The van der Waals surface area contributed by atoms with Gasteiger partial charge in [0.15, 0.2) is 0 Å². The van der Waals surface area contributed by atoms with Crippen LogP contribution in [-0.2, 0) is 12.8 Å². The number of fused-ring (bicyclic) bond motifs is 6. The van der Waals surface area contributed by atoms with E-state index in [0.717, 1.165) is 12.8 Å². The molecule has 0 atom stereocenters. The van der Waals surface area contributed by atoms with Crippen molar-refractivity contribution >= 4 is 21.5 Å². The molecule has 110 valence electrons. The first-order valence-corrected chi connectivity index (χ1v) is 8.40. The number of rotatable bonds is 1. The molecule has 0 heteroatoms. The highest BCUT2D eigenvalue weighted by Gasteiger charge is 2.20. The Hall–Kier alpha value is -2.60. The van der Waals surface area contributed by atoms with Crippen LogP contribution in [0.3, 0.4) is 0 Å². The normalized spacial score (nSPS) is 12.6. The molecule has 0 amide bonds. The lowest BCUT2D eigenvalue weighted by Gasteiger charge is -2.08. The summed E-state index contributed by atoms with van der Waals surface area (Å²) in [4.78, 5) is 0. The van der Waals surface area contributed by atoms with Crippen LogP contribution in [-0.4, -0.2) is 0 Å². The zero-order chi connectivity index (χ0) is 15.4. The predicted molar refractivity (Wildman–Crippen MR) is 99.1 cm³/mol. The number of hydrogen-bond donors (Lipinski definition) is 0. The Labute approximate surface area is 136 Å². The van der Waals surface area contributed by atoms with Crippen LogP contribution < -0.4 is 0 Å². The van der Waals surface area contributed by atoms with E-state index >= 15 is 0 Å². The molecule has 0 nitrogen and oxygen atoms in total. The third-order valence-electron chi connectivity index (χ3n) is 5.24. The van der Waals surface area contributed by atoms with Crippen molar-refractivity contribution in [1.29, 1.82) is 0 Å². The van der Waals surface area contributed by atoms with Crippen LogP contribution in [0, 0.1) is 0 Å². The topological polar surface area (TPSA) is 0 Å². The Balaban J connectivity index is 1.82. The van der Waals surface area contributed by atoms with Crippen molar-refractivity contribution in [3.8, 4) is 11.1 Å². The van der Waals surface area contributed by atoms with Gasteiger partial charge in [-0.2, -0.15) is 0 Å². The monoisotopic (exact) mass is 294 g/mol. The molecule has 0 heterocycles. The second-order valence-corrected chi connectivity index (χ2v) is 6.53. The average molecular weight is 294 g/mol. The molecule has 0 spiro atoms. The van der Waals surface area contributed by atoms with Gasteiger partial charge in [-0.05, 0) is 74.3 Å². The molecule has 0 saturated carbocycles. The molecule has 0 N–H and O–H groups in total. The summed E-state index contributed by atoms with van der Waals surface area (Å²) in [6.45, 7) is 2.23. The van der Waals surface area contributed by atoms with Gasteiger partial charge in [-0.1, -0.05) is 61.5 Å². The molecular weight excluding hydrogens is 276 g/mol. The first-order chi connectivity index (χ1) is 11.3. The lowest BCUT2D eigenvalue weighted by molar-refractivity contribution is 1.13. The molecule has 4 aromatic rings. The van der Waals surface area contributed by atoms with Crippen molar-refractivity contribution in [2.75, 3.05) is 0 Å². The van der Waals surface area contributed by atoms with Gasteiger partial charge in [0.05, 0.1) is 0 Å². The second-order valence-electron chi connectivity index (χ2n) is 6.53. The van der Waals surface area contributed by atoms with Gasteiger partial charge >= 0.3 is 0 Å². The van der Waals surface area contributed by atoms with E-state index in [1.807, 2.05) is 0 Å². The third-order valence-corrected chi connectivity index (χ3v) is 5.24. The lowest BCUT2D eigenvalue weighted by Crippen LogP contribution is -1.85. The summed E-state index contributed by atoms with van der Waals surface area (Å²) in [5, 5.41) is 5.42. The van der Waals surface area contributed by atoms with Crippen molar-refractivity contribution < 1.29 is 0 Å². The van der Waals surface area contributed by atoms with E-state index in [0.29, 0.717) is 0 Å². The van der Waals surface area contributed by atoms with E-state index in [2.05, 4.69) is 73.7 Å². The van der Waals surface area contributed by atoms with Crippen LogP contribution in [0.25, 0.3) is 32.7 Å². The summed E-state index contributed by atoms with van der Waals surface area (Å²) in [6, 6.07) is 24.9. The number of benzene rings is 4. The maximum atomic E-state index is 2.38. The summed E-state index contributed by atoms with van der Waals surface area (Å²) in [5.74, 6) is 0. The minimum atomic E-state index is 1.06. The Kier molecular flexibility index (Phi) is 2.63. The molecule has 5 rings (SSSR count). The highest BCUT2D eigenvalue weighted by atomic mass is 14.2. The standard InChI is InChI=1S/C23H18/c1-2-15-7-8-19-14-23-20(21(19)11-15)10-9-18-12-16-5-3-4-6-17(16)13-22(18)23/h3-13H,2,14H2,1H3. The molecule has 23 heavy (non-hydrogen) atoms. The maximum absolute atomic E-state index is 2.38. The van der Waals surface area contributed by atoms with E-state index in [4.69, 9.17) is 0 Å². The Bertz CT molecular complexity index is 1070. The summed E-state index contributed by atoms with van der Waals surface area (Å²) >= 11 is 0. The van der Waals surface area contributed by atoms with Crippen molar-refractivity contribution in [3.63, 3.8) is 0 Å². The van der Waals surface area contributed by atoms with Crippen LogP contribution in [0.4, 0.5) is 0 Å². The molecule has 1 aliphatic carbocycles. The van der Waals surface area contributed by atoms with Crippen molar-refractivity contribution in [1.82, 2.24) is 0 Å². The molecule has 1 aliphatic rings. The van der Waals surface area contributed by atoms with Crippen molar-refractivity contribution in [2.45, 2.75) is 19.8 Å².